The summed E-state index contributed by atoms with van der Waals surface area (Å²) in [7, 11) is 0. The molecule has 0 aliphatic rings. The van der Waals surface area contributed by atoms with Crippen LogP contribution in [0.25, 0.3) is 11.0 Å². The molecule has 104 valence electrons. The molecule has 1 heterocycles. The zero-order valence-corrected chi connectivity index (χ0v) is 11.1. The van der Waals surface area contributed by atoms with Crippen molar-refractivity contribution < 1.29 is 9.74 Å². The number of rotatable bonds is 7. The number of fused-ring (bicyclic) bond motifs is 1. The van der Waals surface area contributed by atoms with Gasteiger partial charge in [-0.15, -0.1) is 0 Å². The molecule has 6 nitrogen and oxygen atoms in total. The first kappa shape index (κ1) is 13.6. The van der Waals surface area contributed by atoms with Crippen LogP contribution in [0.4, 0.5) is 11.4 Å². The van der Waals surface area contributed by atoms with E-state index in [1.165, 1.54) is 0 Å². The molecule has 4 N–H and O–H groups in total. The third-order valence-corrected chi connectivity index (χ3v) is 3.26. The van der Waals surface area contributed by atoms with Crippen molar-refractivity contribution in [3.05, 3.63) is 12.1 Å². The molecule has 19 heavy (non-hydrogen) atoms. The van der Waals surface area contributed by atoms with Gasteiger partial charge < -0.3 is 16.2 Å². The number of nitrogens with zero attached hydrogens (tertiary/aromatic N) is 2. The van der Waals surface area contributed by atoms with E-state index >= 15 is 0 Å². The van der Waals surface area contributed by atoms with Gasteiger partial charge in [-0.3, -0.25) is 0 Å². The lowest BCUT2D eigenvalue weighted by Crippen LogP contribution is -2.16. The van der Waals surface area contributed by atoms with Crippen molar-refractivity contribution in [2.45, 2.75) is 26.2 Å². The van der Waals surface area contributed by atoms with E-state index in [1.807, 2.05) is 6.07 Å². The molecule has 0 aliphatic heterocycles. The Bertz CT molecular complexity index is 520. The molecule has 0 fully saturated rings. The van der Waals surface area contributed by atoms with Gasteiger partial charge in [-0.05, 0) is 41.2 Å². The second kappa shape index (κ2) is 6.38. The second-order valence-corrected chi connectivity index (χ2v) is 4.71. The third-order valence-electron chi connectivity index (χ3n) is 3.26. The van der Waals surface area contributed by atoms with Crippen molar-refractivity contribution >= 4 is 22.4 Å². The number of nitrogens with two attached hydrogens (primary N) is 1. The molecule has 1 aromatic carbocycles. The number of nitrogens with one attached hydrogen (secondary N) is 1. The topological polar surface area (TPSA) is 97.2 Å². The summed E-state index contributed by atoms with van der Waals surface area (Å²) in [4.78, 5) is 0. The van der Waals surface area contributed by atoms with Crippen molar-refractivity contribution in [1.82, 2.24) is 10.3 Å². The fraction of sp³-hybridized carbons (Fsp3) is 0.538. The maximum Gasteiger partial charge on any atom is 0.160 e. The average molecular weight is 264 g/mol. The van der Waals surface area contributed by atoms with Crippen LogP contribution in [0.2, 0.25) is 0 Å². The van der Waals surface area contributed by atoms with Gasteiger partial charge in [0, 0.05) is 13.2 Å². The van der Waals surface area contributed by atoms with E-state index in [1.54, 1.807) is 6.07 Å². The molecule has 0 spiro atoms. The van der Waals surface area contributed by atoms with Gasteiger partial charge in [0.05, 0.1) is 11.4 Å². The highest BCUT2D eigenvalue weighted by atomic mass is 16.6. The maximum atomic E-state index is 9.05. The van der Waals surface area contributed by atoms with E-state index in [2.05, 4.69) is 22.6 Å². The highest BCUT2D eigenvalue weighted by Crippen LogP contribution is 2.25. The van der Waals surface area contributed by atoms with Crippen LogP contribution in [0.1, 0.15) is 26.2 Å². The quantitative estimate of drug-likeness (QED) is 0.662. The van der Waals surface area contributed by atoms with Gasteiger partial charge in [0.1, 0.15) is 0 Å². The van der Waals surface area contributed by atoms with Crippen LogP contribution in [-0.4, -0.2) is 28.6 Å². The number of nitrogen functional groups attached to an aromatic ring is 1. The Hall–Kier alpha value is -1.82. The lowest BCUT2D eigenvalue weighted by atomic mass is 10.00. The Morgan fingerprint density at radius 1 is 1.32 bits per heavy atom. The molecule has 0 bridgehead atoms. The molecular weight excluding hydrogens is 244 g/mol. The maximum absolute atomic E-state index is 9.05. The zero-order valence-electron chi connectivity index (χ0n) is 11.1. The van der Waals surface area contributed by atoms with Gasteiger partial charge in [0.2, 0.25) is 0 Å². The zero-order chi connectivity index (χ0) is 13.7. The minimum atomic E-state index is 0.217. The lowest BCUT2D eigenvalue weighted by molar-refractivity contribution is 0.255. The first-order valence-electron chi connectivity index (χ1n) is 6.61. The molecular formula is C13H20N4O2. The largest absolute Gasteiger partial charge is 0.397 e. The molecule has 1 aromatic heterocycles. The van der Waals surface area contributed by atoms with Crippen molar-refractivity contribution in [3.63, 3.8) is 0 Å². The monoisotopic (exact) mass is 264 g/mol. The summed E-state index contributed by atoms with van der Waals surface area (Å²) >= 11 is 0. The molecule has 2 rings (SSSR count). The number of aliphatic hydroxyl groups excluding tert-OH is 1. The minimum absolute atomic E-state index is 0.217. The van der Waals surface area contributed by atoms with Gasteiger partial charge in [0.25, 0.3) is 0 Å². The molecule has 0 radical (unpaired) electrons. The van der Waals surface area contributed by atoms with Crippen molar-refractivity contribution in [2.24, 2.45) is 5.92 Å². The van der Waals surface area contributed by atoms with Gasteiger partial charge in [-0.25, -0.2) is 4.63 Å². The number of benzene rings is 1. The minimum Gasteiger partial charge on any atom is -0.397 e. The number of hydrogen-bond donors (Lipinski definition) is 3. The molecule has 1 atom stereocenters. The Kier molecular flexibility index (Phi) is 4.57. The van der Waals surface area contributed by atoms with E-state index in [0.717, 1.165) is 31.5 Å². The lowest BCUT2D eigenvalue weighted by Gasteiger charge is -2.16. The number of anilines is 2. The van der Waals surface area contributed by atoms with Crippen molar-refractivity contribution in [1.29, 1.82) is 0 Å². The first-order chi connectivity index (χ1) is 9.26. The third kappa shape index (κ3) is 3.14. The first-order valence-corrected chi connectivity index (χ1v) is 6.61. The summed E-state index contributed by atoms with van der Waals surface area (Å²) in [5.41, 5.74) is 8.46. The molecule has 0 aliphatic carbocycles. The molecule has 2 aromatic rings. The normalized spacial score (nSPS) is 12.7. The molecule has 6 heteroatoms. The SMILES string of the molecule is CCCC(CCO)CNc1ccc(N)c2nonc12. The predicted octanol–water partition coefficient (Wildman–Crippen LogP) is 2.02. The van der Waals surface area contributed by atoms with Gasteiger partial charge in [0.15, 0.2) is 11.0 Å². The smallest absolute Gasteiger partial charge is 0.160 e. The van der Waals surface area contributed by atoms with Crippen LogP contribution in [0.15, 0.2) is 16.8 Å². The fourth-order valence-corrected chi connectivity index (χ4v) is 2.22. The molecule has 0 saturated heterocycles. The Labute approximate surface area is 111 Å². The van der Waals surface area contributed by atoms with Crippen LogP contribution in [-0.2, 0) is 0 Å². The van der Waals surface area contributed by atoms with E-state index in [9.17, 15) is 0 Å². The summed E-state index contributed by atoms with van der Waals surface area (Å²) in [5, 5.41) is 20.1. The van der Waals surface area contributed by atoms with Crippen LogP contribution in [0.3, 0.4) is 0 Å². The summed E-state index contributed by atoms with van der Waals surface area (Å²) in [6.45, 7) is 3.16. The van der Waals surface area contributed by atoms with Crippen LogP contribution < -0.4 is 11.1 Å². The summed E-state index contributed by atoms with van der Waals surface area (Å²) in [6.07, 6.45) is 2.99. The van der Waals surface area contributed by atoms with E-state index < -0.39 is 0 Å². The van der Waals surface area contributed by atoms with Crippen LogP contribution in [0, 0.1) is 5.92 Å². The molecule has 0 saturated carbocycles. The summed E-state index contributed by atoms with van der Waals surface area (Å²) < 4.78 is 4.73. The number of aliphatic hydroxyl groups is 1. The van der Waals surface area contributed by atoms with E-state index in [-0.39, 0.29) is 6.61 Å². The number of hydrogen-bond acceptors (Lipinski definition) is 6. The Balaban J connectivity index is 2.08. The van der Waals surface area contributed by atoms with E-state index in [4.69, 9.17) is 15.5 Å². The van der Waals surface area contributed by atoms with Gasteiger partial charge in [-0.1, -0.05) is 13.3 Å². The highest BCUT2D eigenvalue weighted by molar-refractivity contribution is 5.94. The van der Waals surface area contributed by atoms with Crippen LogP contribution >= 0.6 is 0 Å². The fourth-order valence-electron chi connectivity index (χ4n) is 2.22. The summed E-state index contributed by atoms with van der Waals surface area (Å²) in [5.74, 6) is 0.447. The van der Waals surface area contributed by atoms with E-state index in [0.29, 0.717) is 22.6 Å². The second-order valence-electron chi connectivity index (χ2n) is 4.71. The standard InChI is InChI=1S/C13H20N4O2/c1-2-3-9(6-7-18)8-15-11-5-4-10(14)12-13(11)17-19-16-12/h4-5,9,15,18H,2-3,6-8,14H2,1H3. The van der Waals surface area contributed by atoms with Crippen molar-refractivity contribution in [2.75, 3.05) is 24.2 Å². The Morgan fingerprint density at radius 3 is 2.84 bits per heavy atom. The Morgan fingerprint density at radius 2 is 2.11 bits per heavy atom. The summed E-state index contributed by atoms with van der Waals surface area (Å²) in [6, 6.07) is 3.67. The molecule has 1 unspecified atom stereocenters. The highest BCUT2D eigenvalue weighted by Gasteiger charge is 2.12. The van der Waals surface area contributed by atoms with Gasteiger partial charge >= 0.3 is 0 Å². The molecule has 0 amide bonds. The van der Waals surface area contributed by atoms with Crippen LogP contribution in [0.5, 0.6) is 0 Å². The van der Waals surface area contributed by atoms with Crippen molar-refractivity contribution in [3.8, 4) is 0 Å². The predicted molar refractivity (Wildman–Crippen MR) is 74.8 cm³/mol. The average Bonchev–Trinajstić information content (AvgIpc) is 2.88. The number of aromatic nitrogens is 2. The van der Waals surface area contributed by atoms with Gasteiger partial charge in [-0.2, -0.15) is 0 Å².